The fraction of sp³-hybridized carbons (Fsp3) is 0.0667. The van der Waals surface area contributed by atoms with Crippen LogP contribution in [0.25, 0.3) is 10.9 Å². The van der Waals surface area contributed by atoms with Crippen LogP contribution < -0.4 is 0 Å². The largest absolute Gasteiger partial charge is 0.342 e. The van der Waals surface area contributed by atoms with Crippen molar-refractivity contribution >= 4 is 38.4 Å². The van der Waals surface area contributed by atoms with E-state index in [-0.39, 0.29) is 5.82 Å². The van der Waals surface area contributed by atoms with Gasteiger partial charge < -0.3 is 4.57 Å². The minimum absolute atomic E-state index is 0.219. The second-order valence-electron chi connectivity index (χ2n) is 4.36. The fourth-order valence-corrected chi connectivity index (χ4v) is 2.80. The summed E-state index contributed by atoms with van der Waals surface area (Å²) in [7, 11) is 0. The molecule has 0 spiro atoms. The number of hydrogen-bond donors (Lipinski definition) is 0. The summed E-state index contributed by atoms with van der Waals surface area (Å²) in [5.41, 5.74) is 1.58. The van der Waals surface area contributed by atoms with Gasteiger partial charge in [-0.3, -0.25) is 0 Å². The first kappa shape index (κ1) is 12.7. The Morgan fingerprint density at radius 1 is 1.16 bits per heavy atom. The van der Waals surface area contributed by atoms with E-state index in [0.717, 1.165) is 15.4 Å². The molecule has 0 aliphatic carbocycles. The second kappa shape index (κ2) is 4.99. The lowest BCUT2D eigenvalue weighted by molar-refractivity contribution is 0.601. The number of aromatic nitrogens is 1. The van der Waals surface area contributed by atoms with Crippen LogP contribution >= 0.6 is 27.5 Å². The number of halogens is 3. The summed E-state index contributed by atoms with van der Waals surface area (Å²) in [5.74, 6) is -0.219. The van der Waals surface area contributed by atoms with E-state index in [1.54, 1.807) is 6.07 Å². The van der Waals surface area contributed by atoms with Crippen LogP contribution in [0.1, 0.15) is 5.56 Å². The van der Waals surface area contributed by atoms with Gasteiger partial charge in [0.05, 0.1) is 17.1 Å². The van der Waals surface area contributed by atoms with Crippen molar-refractivity contribution in [2.24, 2.45) is 0 Å². The molecule has 0 saturated carbocycles. The maximum Gasteiger partial charge on any atom is 0.129 e. The molecule has 1 aromatic heterocycles. The van der Waals surface area contributed by atoms with Crippen LogP contribution in [-0.2, 0) is 6.54 Å². The summed E-state index contributed by atoms with van der Waals surface area (Å²) >= 11 is 9.47. The fourth-order valence-electron chi connectivity index (χ4n) is 2.18. The quantitative estimate of drug-likeness (QED) is 0.602. The molecule has 0 fully saturated rings. The molecule has 0 radical (unpaired) electrons. The van der Waals surface area contributed by atoms with Crippen LogP contribution in [0.3, 0.4) is 0 Å². The van der Waals surface area contributed by atoms with Crippen molar-refractivity contribution in [2.75, 3.05) is 0 Å². The Hall–Kier alpha value is -1.32. The van der Waals surface area contributed by atoms with Crippen LogP contribution in [0.15, 0.2) is 53.1 Å². The smallest absolute Gasteiger partial charge is 0.129 e. The predicted octanol–water partition coefficient (Wildman–Crippen LogP) is 5.24. The molecule has 0 bridgehead atoms. The van der Waals surface area contributed by atoms with Crippen molar-refractivity contribution in [2.45, 2.75) is 6.54 Å². The molecule has 0 saturated heterocycles. The molecule has 3 rings (SSSR count). The van der Waals surface area contributed by atoms with E-state index >= 15 is 0 Å². The monoisotopic (exact) mass is 337 g/mol. The number of benzene rings is 2. The zero-order valence-corrected chi connectivity index (χ0v) is 12.2. The van der Waals surface area contributed by atoms with E-state index in [2.05, 4.69) is 15.9 Å². The Balaban J connectivity index is 2.06. The van der Waals surface area contributed by atoms with Crippen LogP contribution in [0.4, 0.5) is 4.39 Å². The standard InChI is InChI=1S/C15H10BrClFN/c16-12-5-4-11(14(18)8-12)9-19-7-6-10-2-1-3-13(17)15(10)19/h1-8H,9H2. The molecule has 96 valence electrons. The van der Waals surface area contributed by atoms with E-state index in [9.17, 15) is 4.39 Å². The van der Waals surface area contributed by atoms with E-state index < -0.39 is 0 Å². The van der Waals surface area contributed by atoms with Crippen molar-refractivity contribution in [3.05, 3.63) is 69.5 Å². The number of rotatable bonds is 2. The first-order chi connectivity index (χ1) is 9.15. The minimum Gasteiger partial charge on any atom is -0.342 e. The molecular formula is C15H10BrClFN. The van der Waals surface area contributed by atoms with Crippen LogP contribution in [-0.4, -0.2) is 4.57 Å². The Morgan fingerprint density at radius 2 is 2.00 bits per heavy atom. The lowest BCUT2D eigenvalue weighted by Gasteiger charge is -2.08. The van der Waals surface area contributed by atoms with Crippen molar-refractivity contribution in [1.82, 2.24) is 4.57 Å². The highest BCUT2D eigenvalue weighted by molar-refractivity contribution is 9.10. The van der Waals surface area contributed by atoms with Gasteiger partial charge in [-0.15, -0.1) is 0 Å². The molecule has 0 N–H and O–H groups in total. The van der Waals surface area contributed by atoms with Crippen LogP contribution in [0, 0.1) is 5.82 Å². The van der Waals surface area contributed by atoms with E-state index in [4.69, 9.17) is 11.6 Å². The molecule has 4 heteroatoms. The highest BCUT2D eigenvalue weighted by atomic mass is 79.9. The molecular weight excluding hydrogens is 329 g/mol. The Morgan fingerprint density at radius 3 is 2.79 bits per heavy atom. The minimum atomic E-state index is -0.219. The van der Waals surface area contributed by atoms with E-state index in [1.807, 2.05) is 41.1 Å². The van der Waals surface area contributed by atoms with Gasteiger partial charge in [-0.2, -0.15) is 0 Å². The van der Waals surface area contributed by atoms with Gasteiger partial charge in [0, 0.05) is 21.6 Å². The van der Waals surface area contributed by atoms with Crippen molar-refractivity contribution in [3.63, 3.8) is 0 Å². The summed E-state index contributed by atoms with van der Waals surface area (Å²) in [5, 5.41) is 1.74. The van der Waals surface area contributed by atoms with Gasteiger partial charge in [0.25, 0.3) is 0 Å². The van der Waals surface area contributed by atoms with E-state index in [1.165, 1.54) is 6.07 Å². The number of fused-ring (bicyclic) bond motifs is 1. The average molecular weight is 339 g/mol. The van der Waals surface area contributed by atoms with Gasteiger partial charge in [-0.25, -0.2) is 4.39 Å². The lowest BCUT2D eigenvalue weighted by atomic mass is 10.2. The third-order valence-corrected chi connectivity index (χ3v) is 3.89. The lowest BCUT2D eigenvalue weighted by Crippen LogP contribution is -2.00. The maximum absolute atomic E-state index is 13.9. The van der Waals surface area contributed by atoms with Gasteiger partial charge in [-0.05, 0) is 24.3 Å². The molecule has 0 aliphatic rings. The zero-order chi connectivity index (χ0) is 13.4. The average Bonchev–Trinajstić information content (AvgIpc) is 2.77. The van der Waals surface area contributed by atoms with Gasteiger partial charge in [0.2, 0.25) is 0 Å². The zero-order valence-electron chi connectivity index (χ0n) is 9.91. The maximum atomic E-state index is 13.9. The normalized spacial score (nSPS) is 11.1. The number of hydrogen-bond acceptors (Lipinski definition) is 0. The molecule has 0 aliphatic heterocycles. The molecule has 2 aromatic carbocycles. The third-order valence-electron chi connectivity index (χ3n) is 3.10. The van der Waals surface area contributed by atoms with Crippen LogP contribution in [0.2, 0.25) is 5.02 Å². The highest BCUT2D eigenvalue weighted by Gasteiger charge is 2.08. The first-order valence-electron chi connectivity index (χ1n) is 5.82. The Labute approximate surface area is 123 Å². The van der Waals surface area contributed by atoms with E-state index in [0.29, 0.717) is 17.1 Å². The molecule has 0 atom stereocenters. The number of nitrogens with zero attached hydrogens (tertiary/aromatic N) is 1. The summed E-state index contributed by atoms with van der Waals surface area (Å²) < 4.78 is 16.6. The first-order valence-corrected chi connectivity index (χ1v) is 6.99. The second-order valence-corrected chi connectivity index (χ2v) is 5.68. The molecule has 0 unspecified atom stereocenters. The topological polar surface area (TPSA) is 4.93 Å². The third kappa shape index (κ3) is 2.40. The van der Waals surface area contributed by atoms with Gasteiger partial charge in [-0.1, -0.05) is 45.7 Å². The van der Waals surface area contributed by atoms with Crippen molar-refractivity contribution in [3.8, 4) is 0 Å². The van der Waals surface area contributed by atoms with Gasteiger partial charge >= 0.3 is 0 Å². The SMILES string of the molecule is Fc1cc(Br)ccc1Cn1ccc2cccc(Cl)c21. The van der Waals surface area contributed by atoms with Crippen molar-refractivity contribution in [1.29, 1.82) is 0 Å². The highest BCUT2D eigenvalue weighted by Crippen LogP contribution is 2.26. The van der Waals surface area contributed by atoms with Gasteiger partial charge in [0.15, 0.2) is 0 Å². The van der Waals surface area contributed by atoms with Crippen LogP contribution in [0.5, 0.6) is 0 Å². The molecule has 0 amide bonds. The molecule has 1 heterocycles. The number of para-hydroxylation sites is 1. The summed E-state index contributed by atoms with van der Waals surface area (Å²) in [6, 6.07) is 12.8. The molecule has 1 nitrogen and oxygen atoms in total. The Kier molecular flexibility index (Phi) is 3.33. The molecule has 19 heavy (non-hydrogen) atoms. The summed E-state index contributed by atoms with van der Waals surface area (Å²) in [4.78, 5) is 0. The Bertz CT molecular complexity index is 751. The molecule has 3 aromatic rings. The predicted molar refractivity (Wildman–Crippen MR) is 80.2 cm³/mol. The van der Waals surface area contributed by atoms with Crippen molar-refractivity contribution < 1.29 is 4.39 Å². The summed E-state index contributed by atoms with van der Waals surface area (Å²) in [6.45, 7) is 0.465. The summed E-state index contributed by atoms with van der Waals surface area (Å²) in [6.07, 6.45) is 1.93. The van der Waals surface area contributed by atoms with Gasteiger partial charge in [0.1, 0.15) is 5.82 Å².